The second-order valence-corrected chi connectivity index (χ2v) is 12.2. The minimum atomic E-state index is -5.08. The Morgan fingerprint density at radius 2 is 1.51 bits per heavy atom. The van der Waals surface area contributed by atoms with Gasteiger partial charge >= 0.3 is 18.3 Å². The Morgan fingerprint density at radius 1 is 0.878 bits per heavy atom. The molecule has 0 aliphatic carbocycles. The third kappa shape index (κ3) is 7.12. The standard InChI is InChI=1S/C24H29F6N5O5S/c25-23(26,27)17-7-5-15(6-8-17)11-31-20(36)19-4-2-10-35(19)21(37)16-3-1-9-33(12-16)41(39,40)34-13-18(14-34)32-22(38)24(28,29)30/h5-8,16,18-19H,1-4,9-14H2,(H,31,36)(H,32,38)/t16-,19+/m0/s1. The van der Waals surface area contributed by atoms with Crippen LogP contribution in [0.2, 0.25) is 0 Å². The van der Waals surface area contributed by atoms with Crippen molar-refractivity contribution in [3.8, 4) is 0 Å². The smallest absolute Gasteiger partial charge is 0.350 e. The van der Waals surface area contributed by atoms with Crippen LogP contribution in [0, 0.1) is 5.92 Å². The van der Waals surface area contributed by atoms with Gasteiger partial charge in [0.05, 0.1) is 17.5 Å². The van der Waals surface area contributed by atoms with Crippen LogP contribution in [0.15, 0.2) is 24.3 Å². The van der Waals surface area contributed by atoms with Gasteiger partial charge in [-0.3, -0.25) is 14.4 Å². The van der Waals surface area contributed by atoms with Gasteiger partial charge in [0.25, 0.3) is 10.2 Å². The summed E-state index contributed by atoms with van der Waals surface area (Å²) in [5, 5.41) is 4.39. The summed E-state index contributed by atoms with van der Waals surface area (Å²) in [6.45, 7) is -0.454. The van der Waals surface area contributed by atoms with Crippen molar-refractivity contribution in [2.24, 2.45) is 5.92 Å². The van der Waals surface area contributed by atoms with Crippen molar-refractivity contribution in [3.63, 3.8) is 0 Å². The van der Waals surface area contributed by atoms with Crippen LogP contribution in [0.25, 0.3) is 0 Å². The van der Waals surface area contributed by atoms with Crippen molar-refractivity contribution in [2.75, 3.05) is 32.7 Å². The molecule has 41 heavy (non-hydrogen) atoms. The molecule has 0 spiro atoms. The number of hydrogen-bond donors (Lipinski definition) is 2. The van der Waals surface area contributed by atoms with E-state index in [-0.39, 0.29) is 39.3 Å². The first-order valence-electron chi connectivity index (χ1n) is 12.9. The minimum absolute atomic E-state index is 0.0365. The van der Waals surface area contributed by atoms with E-state index < -0.39 is 63.8 Å². The summed E-state index contributed by atoms with van der Waals surface area (Å²) in [5.74, 6) is -3.74. The normalized spacial score (nSPS) is 23.2. The van der Waals surface area contributed by atoms with Crippen LogP contribution in [0.5, 0.6) is 0 Å². The van der Waals surface area contributed by atoms with E-state index >= 15 is 0 Å². The number of nitrogens with zero attached hydrogens (tertiary/aromatic N) is 3. The number of hydrogen-bond acceptors (Lipinski definition) is 5. The van der Waals surface area contributed by atoms with Gasteiger partial charge in [-0.05, 0) is 43.4 Å². The van der Waals surface area contributed by atoms with E-state index in [0.717, 1.165) is 20.7 Å². The molecule has 0 unspecified atom stereocenters. The predicted octanol–water partition coefficient (Wildman–Crippen LogP) is 1.63. The molecule has 1 aromatic rings. The molecule has 228 valence electrons. The quantitative estimate of drug-likeness (QED) is 0.454. The number of halogens is 6. The summed E-state index contributed by atoms with van der Waals surface area (Å²) in [6.07, 6.45) is -7.91. The van der Waals surface area contributed by atoms with Gasteiger partial charge in [-0.25, -0.2) is 0 Å². The lowest BCUT2D eigenvalue weighted by Gasteiger charge is -2.43. The van der Waals surface area contributed by atoms with Crippen LogP contribution in [0.4, 0.5) is 26.3 Å². The molecular weight excluding hydrogens is 584 g/mol. The fourth-order valence-electron chi connectivity index (χ4n) is 5.16. The number of amides is 3. The molecule has 3 fully saturated rings. The van der Waals surface area contributed by atoms with Gasteiger partial charge in [-0.15, -0.1) is 0 Å². The van der Waals surface area contributed by atoms with E-state index in [4.69, 9.17) is 0 Å². The number of benzene rings is 1. The molecule has 2 atom stereocenters. The highest BCUT2D eigenvalue weighted by atomic mass is 32.2. The number of rotatable bonds is 7. The Labute approximate surface area is 232 Å². The van der Waals surface area contributed by atoms with E-state index in [2.05, 4.69) is 5.32 Å². The number of piperidine rings is 1. The van der Waals surface area contributed by atoms with Crippen LogP contribution in [0.3, 0.4) is 0 Å². The highest BCUT2D eigenvalue weighted by Crippen LogP contribution is 2.30. The SMILES string of the molecule is O=C(NCc1ccc(C(F)(F)F)cc1)[C@H]1CCCN1C(=O)[C@H]1CCCN(S(=O)(=O)N2CC(NC(=O)C(F)(F)F)C2)C1. The largest absolute Gasteiger partial charge is 0.471 e. The Kier molecular flexibility index (Phi) is 8.90. The van der Waals surface area contributed by atoms with Crippen LogP contribution in [-0.4, -0.2) is 90.6 Å². The third-order valence-corrected chi connectivity index (χ3v) is 9.35. The van der Waals surface area contributed by atoms with E-state index in [9.17, 15) is 49.1 Å². The molecule has 3 amide bonds. The Balaban J connectivity index is 1.31. The maximum atomic E-state index is 13.4. The van der Waals surface area contributed by atoms with Crippen molar-refractivity contribution >= 4 is 27.9 Å². The van der Waals surface area contributed by atoms with Crippen molar-refractivity contribution in [2.45, 2.75) is 56.7 Å². The molecule has 0 radical (unpaired) electrons. The minimum Gasteiger partial charge on any atom is -0.350 e. The molecule has 4 rings (SSSR count). The summed E-state index contributed by atoms with van der Waals surface area (Å²) < 4.78 is 104. The number of alkyl halides is 6. The Morgan fingerprint density at radius 3 is 2.12 bits per heavy atom. The first kappa shape index (κ1) is 31.0. The van der Waals surface area contributed by atoms with Gasteiger partial charge < -0.3 is 15.5 Å². The summed E-state index contributed by atoms with van der Waals surface area (Å²) in [4.78, 5) is 38.7. The summed E-state index contributed by atoms with van der Waals surface area (Å²) >= 11 is 0. The van der Waals surface area contributed by atoms with Gasteiger partial charge in [0.1, 0.15) is 6.04 Å². The maximum absolute atomic E-state index is 13.4. The summed E-state index contributed by atoms with van der Waals surface area (Å²) in [5.41, 5.74) is -0.368. The summed E-state index contributed by atoms with van der Waals surface area (Å²) in [6, 6.07) is 2.54. The molecule has 17 heteroatoms. The van der Waals surface area contributed by atoms with Gasteiger partial charge in [0.15, 0.2) is 0 Å². The number of carbonyl (C=O) groups excluding carboxylic acids is 3. The van der Waals surface area contributed by atoms with E-state index in [1.54, 1.807) is 5.32 Å². The molecular formula is C24H29F6N5O5S. The maximum Gasteiger partial charge on any atom is 0.471 e. The van der Waals surface area contributed by atoms with Crippen molar-refractivity contribution < 1.29 is 49.1 Å². The molecule has 3 aliphatic heterocycles. The van der Waals surface area contributed by atoms with Gasteiger partial charge in [0.2, 0.25) is 11.8 Å². The molecule has 1 aromatic carbocycles. The fraction of sp³-hybridized carbons (Fsp3) is 0.625. The fourth-order valence-corrected chi connectivity index (χ4v) is 6.95. The van der Waals surface area contributed by atoms with E-state index in [0.29, 0.717) is 31.2 Å². The first-order chi connectivity index (χ1) is 19.1. The van der Waals surface area contributed by atoms with Crippen molar-refractivity contribution in [1.82, 2.24) is 24.1 Å². The highest BCUT2D eigenvalue weighted by molar-refractivity contribution is 7.86. The number of nitrogens with one attached hydrogen (secondary N) is 2. The zero-order valence-corrected chi connectivity index (χ0v) is 22.5. The lowest BCUT2D eigenvalue weighted by Crippen LogP contribution is -2.65. The average molecular weight is 614 g/mol. The van der Waals surface area contributed by atoms with Crippen LogP contribution in [-0.2, 0) is 37.3 Å². The Hall–Kier alpha value is -2.92. The van der Waals surface area contributed by atoms with Crippen molar-refractivity contribution in [3.05, 3.63) is 35.4 Å². The van der Waals surface area contributed by atoms with Crippen molar-refractivity contribution in [1.29, 1.82) is 0 Å². The average Bonchev–Trinajstić information content (AvgIpc) is 3.38. The molecule has 3 saturated heterocycles. The predicted molar refractivity (Wildman–Crippen MR) is 131 cm³/mol. The monoisotopic (exact) mass is 613 g/mol. The topological polar surface area (TPSA) is 119 Å². The van der Waals surface area contributed by atoms with Gasteiger partial charge in [-0.1, -0.05) is 12.1 Å². The Bertz CT molecular complexity index is 1250. The molecule has 0 bridgehead atoms. The summed E-state index contributed by atoms with van der Waals surface area (Å²) in [7, 11) is -4.09. The zero-order valence-electron chi connectivity index (χ0n) is 21.7. The first-order valence-corrected chi connectivity index (χ1v) is 14.3. The second kappa shape index (κ2) is 11.8. The number of likely N-dealkylation sites (tertiary alicyclic amines) is 1. The lowest BCUT2D eigenvalue weighted by molar-refractivity contribution is -0.175. The van der Waals surface area contributed by atoms with Crippen LogP contribution < -0.4 is 10.6 Å². The third-order valence-electron chi connectivity index (χ3n) is 7.41. The second-order valence-electron chi connectivity index (χ2n) is 10.3. The molecule has 10 nitrogen and oxygen atoms in total. The zero-order chi connectivity index (χ0) is 30.2. The lowest BCUT2D eigenvalue weighted by atomic mass is 9.97. The number of carbonyl (C=O) groups is 3. The van der Waals surface area contributed by atoms with Gasteiger partial charge in [-0.2, -0.15) is 43.4 Å². The van der Waals surface area contributed by atoms with Crippen LogP contribution >= 0.6 is 0 Å². The molecule has 3 aliphatic rings. The molecule has 0 saturated carbocycles. The highest BCUT2D eigenvalue weighted by Gasteiger charge is 2.47. The van der Waals surface area contributed by atoms with E-state index in [1.165, 1.54) is 17.0 Å². The molecule has 3 heterocycles. The van der Waals surface area contributed by atoms with Gasteiger partial charge in [0, 0.05) is 39.3 Å². The molecule has 2 N–H and O–H groups in total. The van der Waals surface area contributed by atoms with Crippen LogP contribution in [0.1, 0.15) is 36.8 Å². The molecule has 0 aromatic heterocycles. The van der Waals surface area contributed by atoms with E-state index in [1.807, 2.05) is 0 Å².